The molecule has 84 valence electrons. The van der Waals surface area contributed by atoms with Crippen molar-refractivity contribution in [3.63, 3.8) is 0 Å². The van der Waals surface area contributed by atoms with Gasteiger partial charge < -0.3 is 19.5 Å². The summed E-state index contributed by atoms with van der Waals surface area (Å²) in [5.41, 5.74) is 0. The SMILES string of the molecule is COCCOCC(=O)NCC(C)OC. The second-order valence-electron chi connectivity index (χ2n) is 2.90. The Hall–Kier alpha value is -0.650. The van der Waals surface area contributed by atoms with Crippen LogP contribution in [0.3, 0.4) is 0 Å². The van der Waals surface area contributed by atoms with Gasteiger partial charge in [-0.2, -0.15) is 0 Å². The lowest BCUT2D eigenvalue weighted by Gasteiger charge is -2.10. The van der Waals surface area contributed by atoms with E-state index in [0.29, 0.717) is 19.8 Å². The van der Waals surface area contributed by atoms with Gasteiger partial charge in [0.2, 0.25) is 5.91 Å². The van der Waals surface area contributed by atoms with Crippen molar-refractivity contribution in [3.05, 3.63) is 0 Å². The monoisotopic (exact) mass is 205 g/mol. The van der Waals surface area contributed by atoms with Crippen molar-refractivity contribution in [2.75, 3.05) is 40.6 Å². The number of amides is 1. The number of hydrogen-bond acceptors (Lipinski definition) is 4. The van der Waals surface area contributed by atoms with E-state index in [4.69, 9.17) is 14.2 Å². The molecule has 0 aliphatic carbocycles. The first-order valence-corrected chi connectivity index (χ1v) is 4.57. The zero-order chi connectivity index (χ0) is 10.8. The van der Waals surface area contributed by atoms with Crippen LogP contribution in [-0.4, -0.2) is 52.6 Å². The third kappa shape index (κ3) is 7.97. The Labute approximate surface area is 84.7 Å². The van der Waals surface area contributed by atoms with Crippen LogP contribution in [0, 0.1) is 0 Å². The van der Waals surface area contributed by atoms with Crippen LogP contribution >= 0.6 is 0 Å². The Morgan fingerprint density at radius 3 is 2.64 bits per heavy atom. The summed E-state index contributed by atoms with van der Waals surface area (Å²) < 4.78 is 14.8. The van der Waals surface area contributed by atoms with Gasteiger partial charge >= 0.3 is 0 Å². The van der Waals surface area contributed by atoms with E-state index in [0.717, 1.165) is 0 Å². The molecule has 0 bridgehead atoms. The van der Waals surface area contributed by atoms with Crippen molar-refractivity contribution < 1.29 is 19.0 Å². The minimum absolute atomic E-state index is 0.0259. The number of hydrogen-bond donors (Lipinski definition) is 1. The van der Waals surface area contributed by atoms with Gasteiger partial charge in [-0.15, -0.1) is 0 Å². The molecule has 0 aromatic rings. The molecule has 0 aliphatic rings. The van der Waals surface area contributed by atoms with Gasteiger partial charge in [0.25, 0.3) is 0 Å². The van der Waals surface area contributed by atoms with Gasteiger partial charge in [-0.25, -0.2) is 0 Å². The van der Waals surface area contributed by atoms with Gasteiger partial charge in [-0.05, 0) is 6.92 Å². The zero-order valence-corrected chi connectivity index (χ0v) is 9.04. The molecule has 1 N–H and O–H groups in total. The highest BCUT2D eigenvalue weighted by molar-refractivity contribution is 5.77. The number of carbonyl (C=O) groups is 1. The Balaban J connectivity index is 3.28. The minimum Gasteiger partial charge on any atom is -0.382 e. The van der Waals surface area contributed by atoms with Crippen molar-refractivity contribution >= 4 is 5.91 Å². The fraction of sp³-hybridized carbons (Fsp3) is 0.889. The van der Waals surface area contributed by atoms with E-state index in [1.807, 2.05) is 6.92 Å². The third-order valence-electron chi connectivity index (χ3n) is 1.65. The molecule has 0 aliphatic heterocycles. The van der Waals surface area contributed by atoms with Gasteiger partial charge in [0.15, 0.2) is 0 Å². The molecule has 0 aromatic carbocycles. The first-order valence-electron chi connectivity index (χ1n) is 4.57. The second-order valence-corrected chi connectivity index (χ2v) is 2.90. The Morgan fingerprint density at radius 1 is 1.36 bits per heavy atom. The summed E-state index contributed by atoms with van der Waals surface area (Å²) in [6.45, 7) is 3.39. The largest absolute Gasteiger partial charge is 0.382 e. The molecule has 1 atom stereocenters. The second kappa shape index (κ2) is 8.93. The summed E-state index contributed by atoms with van der Waals surface area (Å²) in [5.74, 6) is -0.134. The lowest BCUT2D eigenvalue weighted by Crippen LogP contribution is -2.34. The van der Waals surface area contributed by atoms with Crippen molar-refractivity contribution in [1.82, 2.24) is 5.32 Å². The highest BCUT2D eigenvalue weighted by Crippen LogP contribution is 1.84. The van der Waals surface area contributed by atoms with Gasteiger partial charge in [0, 0.05) is 20.8 Å². The first-order chi connectivity index (χ1) is 6.70. The van der Waals surface area contributed by atoms with Crippen molar-refractivity contribution in [2.24, 2.45) is 0 Å². The summed E-state index contributed by atoms with van der Waals surface area (Å²) in [4.78, 5) is 11.1. The highest BCUT2D eigenvalue weighted by Gasteiger charge is 2.03. The molecule has 0 rings (SSSR count). The van der Waals surface area contributed by atoms with E-state index in [9.17, 15) is 4.79 Å². The quantitative estimate of drug-likeness (QED) is 0.558. The van der Waals surface area contributed by atoms with Crippen LogP contribution in [0.25, 0.3) is 0 Å². The van der Waals surface area contributed by atoms with E-state index in [1.54, 1.807) is 14.2 Å². The van der Waals surface area contributed by atoms with Gasteiger partial charge in [-0.1, -0.05) is 0 Å². The van der Waals surface area contributed by atoms with Gasteiger partial charge in [0.1, 0.15) is 6.61 Å². The zero-order valence-electron chi connectivity index (χ0n) is 9.04. The Bertz CT molecular complexity index is 152. The molecular formula is C9H19NO4. The smallest absolute Gasteiger partial charge is 0.246 e. The summed E-state index contributed by atoms with van der Waals surface area (Å²) in [6, 6.07) is 0. The Morgan fingerprint density at radius 2 is 2.07 bits per heavy atom. The predicted octanol–water partition coefficient (Wildman–Crippen LogP) is -0.199. The average molecular weight is 205 g/mol. The van der Waals surface area contributed by atoms with Crippen LogP contribution in [0.4, 0.5) is 0 Å². The molecule has 0 radical (unpaired) electrons. The fourth-order valence-corrected chi connectivity index (χ4v) is 0.699. The lowest BCUT2D eigenvalue weighted by molar-refractivity contribution is -0.126. The summed E-state index contributed by atoms with van der Waals surface area (Å²) >= 11 is 0. The maximum Gasteiger partial charge on any atom is 0.246 e. The lowest BCUT2D eigenvalue weighted by atomic mass is 10.4. The predicted molar refractivity (Wildman–Crippen MR) is 52.2 cm³/mol. The van der Waals surface area contributed by atoms with Crippen LogP contribution in [0.2, 0.25) is 0 Å². The van der Waals surface area contributed by atoms with Gasteiger partial charge in [0.05, 0.1) is 19.3 Å². The van der Waals surface area contributed by atoms with E-state index in [1.165, 1.54) is 0 Å². The van der Waals surface area contributed by atoms with Crippen LogP contribution in [-0.2, 0) is 19.0 Å². The molecule has 0 aromatic heterocycles. The van der Waals surface area contributed by atoms with Crippen molar-refractivity contribution in [2.45, 2.75) is 13.0 Å². The summed E-state index contributed by atoms with van der Waals surface area (Å²) in [5, 5.41) is 2.68. The van der Waals surface area contributed by atoms with E-state index >= 15 is 0 Å². The number of rotatable bonds is 8. The van der Waals surface area contributed by atoms with Crippen molar-refractivity contribution in [3.8, 4) is 0 Å². The standard InChI is InChI=1S/C9H19NO4/c1-8(13-3)6-10-9(11)7-14-5-4-12-2/h8H,4-7H2,1-3H3,(H,10,11). The van der Waals surface area contributed by atoms with Crippen molar-refractivity contribution in [1.29, 1.82) is 0 Å². The molecular weight excluding hydrogens is 186 g/mol. The third-order valence-corrected chi connectivity index (χ3v) is 1.65. The Kier molecular flexibility index (Phi) is 8.51. The molecule has 5 nitrogen and oxygen atoms in total. The van der Waals surface area contributed by atoms with E-state index in [-0.39, 0.29) is 18.6 Å². The maximum atomic E-state index is 11.1. The van der Waals surface area contributed by atoms with Crippen LogP contribution in [0.15, 0.2) is 0 Å². The van der Waals surface area contributed by atoms with Crippen LogP contribution in [0.5, 0.6) is 0 Å². The van der Waals surface area contributed by atoms with Crippen LogP contribution < -0.4 is 5.32 Å². The first kappa shape index (κ1) is 13.4. The summed E-state index contributed by atoms with van der Waals surface area (Å²) in [6.07, 6.45) is 0.0259. The number of methoxy groups -OCH3 is 2. The molecule has 0 heterocycles. The van der Waals surface area contributed by atoms with E-state index in [2.05, 4.69) is 5.32 Å². The fourth-order valence-electron chi connectivity index (χ4n) is 0.699. The number of carbonyl (C=O) groups excluding carboxylic acids is 1. The van der Waals surface area contributed by atoms with Gasteiger partial charge in [-0.3, -0.25) is 4.79 Å². The van der Waals surface area contributed by atoms with E-state index < -0.39 is 0 Å². The number of ether oxygens (including phenoxy) is 3. The molecule has 0 saturated carbocycles. The highest BCUT2D eigenvalue weighted by atomic mass is 16.5. The topological polar surface area (TPSA) is 56.8 Å². The average Bonchev–Trinajstić information content (AvgIpc) is 2.21. The molecule has 0 saturated heterocycles. The summed E-state index contributed by atoms with van der Waals surface area (Å²) in [7, 11) is 3.19. The maximum absolute atomic E-state index is 11.1. The minimum atomic E-state index is -0.134. The molecule has 1 amide bonds. The normalized spacial score (nSPS) is 12.5. The van der Waals surface area contributed by atoms with Crippen LogP contribution in [0.1, 0.15) is 6.92 Å². The number of nitrogens with one attached hydrogen (secondary N) is 1. The molecule has 0 spiro atoms. The molecule has 5 heteroatoms. The molecule has 1 unspecified atom stereocenters. The molecule has 14 heavy (non-hydrogen) atoms. The molecule has 0 fully saturated rings.